The van der Waals surface area contributed by atoms with Gasteiger partial charge in [0.05, 0.1) is 12.6 Å². The monoisotopic (exact) mass is 315 g/mol. The maximum absolute atomic E-state index is 12.0. The lowest BCUT2D eigenvalue weighted by atomic mass is 10.1. The van der Waals surface area contributed by atoms with Crippen molar-refractivity contribution in [2.75, 3.05) is 19.8 Å². The molecule has 1 unspecified atom stereocenters. The lowest BCUT2D eigenvalue weighted by Crippen LogP contribution is -2.28. The van der Waals surface area contributed by atoms with Crippen LogP contribution in [0.25, 0.3) is 0 Å². The smallest absolute Gasteiger partial charge is 0.370 e. The molecule has 1 rings (SSSR count). The Morgan fingerprint density at radius 1 is 1.32 bits per heavy atom. The Bertz CT molecular complexity index is 412. The van der Waals surface area contributed by atoms with Crippen LogP contribution in [0, 0.1) is 0 Å². The molecule has 108 valence electrons. The third-order valence-corrected chi connectivity index (χ3v) is 2.90. The van der Waals surface area contributed by atoms with E-state index in [1.807, 2.05) is 6.92 Å². The normalized spacial score (nSPS) is 13.6. The molecule has 7 heteroatoms. The van der Waals surface area contributed by atoms with Gasteiger partial charge in [0.25, 0.3) is 0 Å². The van der Waals surface area contributed by atoms with E-state index in [1.54, 1.807) is 18.2 Å². The number of halogens is 5. The molecule has 0 radical (unpaired) electrons. The number of nitrogens with one attached hydrogen (secondary N) is 1. The van der Waals surface area contributed by atoms with E-state index in [1.165, 1.54) is 0 Å². The fourth-order valence-corrected chi connectivity index (χ4v) is 2.12. The van der Waals surface area contributed by atoms with Gasteiger partial charge in [0.15, 0.2) is 0 Å². The molecule has 0 aromatic heterocycles. The summed E-state index contributed by atoms with van der Waals surface area (Å²) in [4.78, 5) is 0. The zero-order chi connectivity index (χ0) is 14.5. The van der Waals surface area contributed by atoms with E-state index in [2.05, 4.69) is 10.1 Å². The van der Waals surface area contributed by atoms with Gasteiger partial charge in [0.2, 0.25) is 0 Å². The van der Waals surface area contributed by atoms with Crippen molar-refractivity contribution in [1.82, 2.24) is 5.32 Å². The molecule has 0 saturated heterocycles. The minimum absolute atomic E-state index is 0.116. The topological polar surface area (TPSA) is 21.3 Å². The second-order valence-corrected chi connectivity index (χ2v) is 4.75. The van der Waals surface area contributed by atoms with Gasteiger partial charge in [-0.2, -0.15) is 13.2 Å². The summed E-state index contributed by atoms with van der Waals surface area (Å²) in [5, 5.41) is 3.90. The van der Waals surface area contributed by atoms with Crippen LogP contribution in [0.15, 0.2) is 18.2 Å². The van der Waals surface area contributed by atoms with Crippen LogP contribution < -0.4 is 5.32 Å². The predicted molar refractivity (Wildman–Crippen MR) is 69.8 cm³/mol. The number of likely N-dealkylation sites (N-methyl/N-ethyl adjacent to an activating group) is 1. The first-order valence-corrected chi connectivity index (χ1v) is 6.42. The summed E-state index contributed by atoms with van der Waals surface area (Å²) in [5.41, 5.74) is 0.662. The molecule has 1 atom stereocenters. The molecule has 0 aliphatic rings. The summed E-state index contributed by atoms with van der Waals surface area (Å²) >= 11 is 11.8. The van der Waals surface area contributed by atoms with E-state index >= 15 is 0 Å². The molecule has 0 aliphatic carbocycles. The average Bonchev–Trinajstić information content (AvgIpc) is 2.26. The van der Waals surface area contributed by atoms with Crippen molar-refractivity contribution >= 4 is 23.2 Å². The highest BCUT2D eigenvalue weighted by Gasteiger charge is 2.28. The second-order valence-electron chi connectivity index (χ2n) is 3.91. The quantitative estimate of drug-likeness (QED) is 0.848. The van der Waals surface area contributed by atoms with Crippen LogP contribution in [0.3, 0.4) is 0 Å². The zero-order valence-corrected chi connectivity index (χ0v) is 11.7. The molecule has 0 heterocycles. The van der Waals surface area contributed by atoms with Gasteiger partial charge in [-0.1, -0.05) is 36.2 Å². The van der Waals surface area contributed by atoms with Crippen LogP contribution in [0.4, 0.5) is 13.2 Å². The van der Waals surface area contributed by atoms with Crippen molar-refractivity contribution in [3.63, 3.8) is 0 Å². The Kier molecular flexibility index (Phi) is 6.39. The molecule has 2 nitrogen and oxygen atoms in total. The average molecular weight is 316 g/mol. The Balaban J connectivity index is 2.71. The predicted octanol–water partition coefficient (Wildman–Crippen LogP) is 4.22. The van der Waals surface area contributed by atoms with E-state index in [0.29, 0.717) is 22.2 Å². The van der Waals surface area contributed by atoms with Gasteiger partial charge >= 0.3 is 6.18 Å². The number of hydrogen-bond acceptors (Lipinski definition) is 2. The minimum Gasteiger partial charge on any atom is -0.370 e. The van der Waals surface area contributed by atoms with Crippen LogP contribution in [-0.4, -0.2) is 25.9 Å². The van der Waals surface area contributed by atoms with Crippen LogP contribution in [0.1, 0.15) is 18.5 Å². The Labute approximate surface area is 119 Å². The van der Waals surface area contributed by atoms with Gasteiger partial charge in [-0.3, -0.25) is 0 Å². The molecule has 0 aliphatic heterocycles. The molecule has 0 saturated carbocycles. The highest BCUT2D eigenvalue weighted by atomic mass is 35.5. The number of ether oxygens (including phenoxy) is 1. The molecule has 0 spiro atoms. The van der Waals surface area contributed by atoms with Gasteiger partial charge in [0, 0.05) is 10.0 Å². The lowest BCUT2D eigenvalue weighted by Gasteiger charge is -2.20. The van der Waals surface area contributed by atoms with Gasteiger partial charge in [-0.15, -0.1) is 0 Å². The van der Waals surface area contributed by atoms with Crippen LogP contribution >= 0.6 is 23.2 Å². The van der Waals surface area contributed by atoms with Crippen LogP contribution in [-0.2, 0) is 4.74 Å². The molecule has 1 N–H and O–H groups in total. The third kappa shape index (κ3) is 5.99. The van der Waals surface area contributed by atoms with Gasteiger partial charge in [0.1, 0.15) is 6.61 Å². The van der Waals surface area contributed by atoms with Crippen molar-refractivity contribution in [2.24, 2.45) is 0 Å². The second kappa shape index (κ2) is 7.33. The SMILES string of the molecule is CCNC(COCC(F)(F)F)c1ccc(Cl)cc1Cl. The fourth-order valence-electron chi connectivity index (χ4n) is 1.58. The van der Waals surface area contributed by atoms with Gasteiger partial charge in [-0.25, -0.2) is 0 Å². The van der Waals surface area contributed by atoms with Crippen molar-refractivity contribution in [2.45, 2.75) is 19.1 Å². The molecular formula is C12H14Cl2F3NO. The van der Waals surface area contributed by atoms with Crippen molar-refractivity contribution < 1.29 is 17.9 Å². The van der Waals surface area contributed by atoms with Crippen LogP contribution in [0.5, 0.6) is 0 Å². The molecule has 1 aromatic rings. The summed E-state index contributed by atoms with van der Waals surface area (Å²) < 4.78 is 40.8. The first-order chi connectivity index (χ1) is 8.83. The van der Waals surface area contributed by atoms with E-state index in [0.717, 1.165) is 0 Å². The number of alkyl halides is 3. The molecule has 0 fully saturated rings. The van der Waals surface area contributed by atoms with Crippen molar-refractivity contribution in [1.29, 1.82) is 0 Å². The lowest BCUT2D eigenvalue weighted by molar-refractivity contribution is -0.175. The fraction of sp³-hybridized carbons (Fsp3) is 0.500. The highest BCUT2D eigenvalue weighted by Crippen LogP contribution is 2.27. The largest absolute Gasteiger partial charge is 0.411 e. The summed E-state index contributed by atoms with van der Waals surface area (Å²) in [6.45, 7) is 1.04. The number of rotatable bonds is 6. The number of hydrogen-bond donors (Lipinski definition) is 1. The maximum atomic E-state index is 12.0. The van der Waals surface area contributed by atoms with Gasteiger partial charge < -0.3 is 10.1 Å². The molecule has 1 aromatic carbocycles. The molecule has 0 amide bonds. The zero-order valence-electron chi connectivity index (χ0n) is 10.2. The molecule has 0 bridgehead atoms. The van der Waals surface area contributed by atoms with Crippen molar-refractivity contribution in [3.05, 3.63) is 33.8 Å². The molecular weight excluding hydrogens is 302 g/mol. The van der Waals surface area contributed by atoms with Gasteiger partial charge in [-0.05, 0) is 24.2 Å². The summed E-state index contributed by atoms with van der Waals surface area (Å²) in [5.74, 6) is 0. The minimum atomic E-state index is -4.33. The highest BCUT2D eigenvalue weighted by molar-refractivity contribution is 6.35. The Hall–Kier alpha value is -0.490. The maximum Gasteiger partial charge on any atom is 0.411 e. The summed E-state index contributed by atoms with van der Waals surface area (Å²) in [6.07, 6.45) is -4.33. The Morgan fingerprint density at radius 2 is 2.00 bits per heavy atom. The summed E-state index contributed by atoms with van der Waals surface area (Å²) in [6, 6.07) is 4.45. The summed E-state index contributed by atoms with van der Waals surface area (Å²) in [7, 11) is 0. The third-order valence-electron chi connectivity index (χ3n) is 2.34. The van der Waals surface area contributed by atoms with E-state index in [-0.39, 0.29) is 6.61 Å². The molecule has 19 heavy (non-hydrogen) atoms. The Morgan fingerprint density at radius 3 is 2.53 bits per heavy atom. The van der Waals surface area contributed by atoms with Crippen molar-refractivity contribution in [3.8, 4) is 0 Å². The van der Waals surface area contributed by atoms with E-state index in [9.17, 15) is 13.2 Å². The van der Waals surface area contributed by atoms with E-state index in [4.69, 9.17) is 23.2 Å². The van der Waals surface area contributed by atoms with E-state index < -0.39 is 18.8 Å². The standard InChI is InChI=1S/C12H14Cl2F3NO/c1-2-18-11(6-19-7-12(15,16)17)9-4-3-8(13)5-10(9)14/h3-5,11,18H,2,6-7H2,1H3. The van der Waals surface area contributed by atoms with Crippen LogP contribution in [0.2, 0.25) is 10.0 Å². The number of benzene rings is 1. The first kappa shape index (κ1) is 16.6. The first-order valence-electron chi connectivity index (χ1n) is 5.66.